The summed E-state index contributed by atoms with van der Waals surface area (Å²) in [5.41, 5.74) is 21.2. The minimum atomic E-state index is 1.13. The van der Waals surface area contributed by atoms with Crippen molar-refractivity contribution in [3.05, 3.63) is 279 Å². The van der Waals surface area contributed by atoms with Gasteiger partial charge >= 0.3 is 0 Å². The molecule has 0 radical (unpaired) electrons. The second kappa shape index (κ2) is 16.7. The van der Waals surface area contributed by atoms with Crippen LogP contribution in [0.2, 0.25) is 0 Å². The van der Waals surface area contributed by atoms with Gasteiger partial charge in [-0.1, -0.05) is 182 Å². The van der Waals surface area contributed by atoms with Gasteiger partial charge in [-0.15, -0.1) is 0 Å². The van der Waals surface area contributed by atoms with E-state index in [1.807, 2.05) is 0 Å². The Morgan fingerprint density at radius 1 is 0.145 bits per heavy atom. The van der Waals surface area contributed by atoms with Crippen LogP contribution in [-0.2, 0) is 0 Å². The molecule has 0 N–H and O–H groups in total. The van der Waals surface area contributed by atoms with Crippen LogP contribution in [0.25, 0.3) is 143 Å². The highest BCUT2D eigenvalue weighted by atomic mass is 15.0. The highest BCUT2D eigenvalue weighted by Crippen LogP contribution is 2.40. The van der Waals surface area contributed by atoms with Gasteiger partial charge in [-0.2, -0.15) is 0 Å². The van der Waals surface area contributed by atoms with Gasteiger partial charge in [-0.25, -0.2) is 0 Å². The number of hydrogen-bond acceptors (Lipinski definition) is 0. The van der Waals surface area contributed by atoms with Crippen molar-refractivity contribution in [1.29, 1.82) is 0 Å². The van der Waals surface area contributed by atoms with Gasteiger partial charge in [0.15, 0.2) is 0 Å². The Morgan fingerprint density at radius 3 is 0.737 bits per heavy atom. The Balaban J connectivity index is 0.751. The number of benzene rings is 12. The number of hydrogen-bond donors (Lipinski definition) is 0. The van der Waals surface area contributed by atoms with E-state index >= 15 is 0 Å². The quantitative estimate of drug-likeness (QED) is 0.152. The van der Waals surface area contributed by atoms with E-state index in [4.69, 9.17) is 0 Å². The molecule has 0 aliphatic carbocycles. The van der Waals surface area contributed by atoms with Crippen molar-refractivity contribution >= 4 is 87.2 Å². The lowest BCUT2D eigenvalue weighted by molar-refractivity contribution is 1.18. The predicted octanol–water partition coefficient (Wildman–Crippen LogP) is 19.1. The third kappa shape index (κ3) is 6.44. The van der Waals surface area contributed by atoms with Crippen molar-refractivity contribution in [3.8, 4) is 56.1 Å². The Bertz CT molecular complexity index is 4860. The molecule has 0 aliphatic rings. The van der Waals surface area contributed by atoms with Gasteiger partial charge in [0.2, 0.25) is 0 Å². The normalized spacial score (nSPS) is 11.9. The largest absolute Gasteiger partial charge is 0.309 e. The fourth-order valence-corrected chi connectivity index (χ4v) is 12.5. The van der Waals surface area contributed by atoms with E-state index in [1.165, 1.54) is 121 Å². The molecule has 4 heterocycles. The molecule has 0 amide bonds. The molecule has 4 aromatic heterocycles. The molecule has 16 rings (SSSR count). The maximum Gasteiger partial charge on any atom is 0.0547 e. The zero-order valence-electron chi connectivity index (χ0n) is 41.3. The molecular weight excluding hydrogens is 921 g/mol. The number of rotatable bonds is 7. The van der Waals surface area contributed by atoms with E-state index in [9.17, 15) is 0 Å². The summed E-state index contributed by atoms with van der Waals surface area (Å²) in [6, 6.07) is 102. The Hall–Kier alpha value is -10.2. The van der Waals surface area contributed by atoms with E-state index in [0.29, 0.717) is 0 Å². The molecule has 12 aromatic carbocycles. The van der Waals surface area contributed by atoms with Crippen molar-refractivity contribution in [2.75, 3.05) is 0 Å². The van der Waals surface area contributed by atoms with Crippen molar-refractivity contribution < 1.29 is 0 Å². The zero-order valence-corrected chi connectivity index (χ0v) is 41.3. The third-order valence-corrected chi connectivity index (χ3v) is 16.0. The van der Waals surface area contributed by atoms with Crippen LogP contribution in [0, 0.1) is 0 Å². The van der Waals surface area contributed by atoms with Crippen LogP contribution in [0.3, 0.4) is 0 Å². The number of nitrogens with zero attached hydrogens (tertiary/aromatic N) is 4. The predicted molar refractivity (Wildman–Crippen MR) is 320 cm³/mol. The molecule has 16 aromatic rings. The second-order valence-electron chi connectivity index (χ2n) is 20.1. The number of para-hydroxylation sites is 6. The molecule has 0 bridgehead atoms. The van der Waals surface area contributed by atoms with Crippen LogP contribution >= 0.6 is 0 Å². The van der Waals surface area contributed by atoms with Crippen LogP contribution in [0.1, 0.15) is 0 Å². The number of aromatic nitrogens is 4. The van der Waals surface area contributed by atoms with E-state index in [0.717, 1.165) is 22.7 Å². The second-order valence-corrected chi connectivity index (χ2v) is 20.1. The Kier molecular flexibility index (Phi) is 9.30. The van der Waals surface area contributed by atoms with Gasteiger partial charge < -0.3 is 18.3 Å². The molecule has 0 atom stereocenters. The SMILES string of the molecule is c1cc(-c2ccc(-n3c4ccccc4c4ccc(-c5ccc6c7ccccc7n(-c7ccc(-c8ccc(-n9c%10ccccc%10c%10ccccc%109)cc8)cc7)c6c5)cc43)cc2)cc(-n2c3ccccc3c3ccccc32)c1. The molecule has 4 heteroatoms. The van der Waals surface area contributed by atoms with Crippen molar-refractivity contribution in [2.45, 2.75) is 0 Å². The highest BCUT2D eigenvalue weighted by molar-refractivity contribution is 6.13. The fourth-order valence-electron chi connectivity index (χ4n) is 12.5. The molecular formula is C72H46N4. The summed E-state index contributed by atoms with van der Waals surface area (Å²) >= 11 is 0. The molecule has 4 nitrogen and oxygen atoms in total. The summed E-state index contributed by atoms with van der Waals surface area (Å²) in [5, 5.41) is 10.0. The van der Waals surface area contributed by atoms with E-state index in [-0.39, 0.29) is 0 Å². The number of fused-ring (bicyclic) bond motifs is 12. The molecule has 0 spiro atoms. The average molecular weight is 967 g/mol. The first kappa shape index (κ1) is 42.4. The summed E-state index contributed by atoms with van der Waals surface area (Å²) < 4.78 is 9.63. The summed E-state index contributed by atoms with van der Waals surface area (Å²) in [6.07, 6.45) is 0. The Labute approximate surface area is 438 Å². The molecule has 0 unspecified atom stereocenters. The van der Waals surface area contributed by atoms with Gasteiger partial charge in [-0.05, 0) is 130 Å². The summed E-state index contributed by atoms with van der Waals surface area (Å²) in [5.74, 6) is 0. The van der Waals surface area contributed by atoms with Gasteiger partial charge in [0.05, 0.1) is 44.1 Å². The highest BCUT2D eigenvalue weighted by Gasteiger charge is 2.18. The third-order valence-electron chi connectivity index (χ3n) is 16.0. The first-order valence-electron chi connectivity index (χ1n) is 26.2. The lowest BCUT2D eigenvalue weighted by Crippen LogP contribution is -1.95. The first-order chi connectivity index (χ1) is 37.7. The Morgan fingerprint density at radius 2 is 0.395 bits per heavy atom. The van der Waals surface area contributed by atoms with Gasteiger partial charge in [0.25, 0.3) is 0 Å². The van der Waals surface area contributed by atoms with Crippen LogP contribution < -0.4 is 0 Å². The van der Waals surface area contributed by atoms with E-state index in [1.54, 1.807) is 0 Å². The van der Waals surface area contributed by atoms with Crippen LogP contribution in [0.4, 0.5) is 0 Å². The maximum absolute atomic E-state index is 2.43. The fraction of sp³-hybridized carbons (Fsp3) is 0. The first-order valence-corrected chi connectivity index (χ1v) is 26.2. The topological polar surface area (TPSA) is 19.7 Å². The zero-order chi connectivity index (χ0) is 49.8. The van der Waals surface area contributed by atoms with Crippen molar-refractivity contribution in [2.24, 2.45) is 0 Å². The summed E-state index contributed by atoms with van der Waals surface area (Å²) in [6.45, 7) is 0. The van der Waals surface area contributed by atoms with Gasteiger partial charge in [0, 0.05) is 65.8 Å². The average Bonchev–Trinajstić information content (AvgIpc) is 4.22. The van der Waals surface area contributed by atoms with E-state index in [2.05, 4.69) is 297 Å². The van der Waals surface area contributed by atoms with Crippen LogP contribution in [-0.4, -0.2) is 18.3 Å². The molecule has 0 fully saturated rings. The van der Waals surface area contributed by atoms with E-state index < -0.39 is 0 Å². The maximum atomic E-state index is 2.43. The minimum Gasteiger partial charge on any atom is -0.309 e. The standard InChI is InChI=1S/C72H46N4/c1-7-22-65-57(16-1)58-17-2-8-23-66(58)73(65)53-36-28-47(29-37-53)48-30-38-54(39-31-48)74-67-24-9-5-20-61(67)63-42-34-51(45-71(63)74)52-35-43-64-62-21-6-10-25-68(62)75(72(64)46-52)55-40-32-49(33-41-55)50-14-13-15-56(44-50)76-69-26-11-3-18-59(69)60-19-4-12-27-70(60)76/h1-46H. The minimum absolute atomic E-state index is 1.13. The van der Waals surface area contributed by atoms with Crippen LogP contribution in [0.5, 0.6) is 0 Å². The summed E-state index contributed by atoms with van der Waals surface area (Å²) in [4.78, 5) is 0. The lowest BCUT2D eigenvalue weighted by atomic mass is 10.0. The molecule has 76 heavy (non-hydrogen) atoms. The smallest absolute Gasteiger partial charge is 0.0547 e. The molecule has 0 saturated heterocycles. The monoisotopic (exact) mass is 966 g/mol. The summed E-state index contributed by atoms with van der Waals surface area (Å²) in [7, 11) is 0. The lowest BCUT2D eigenvalue weighted by Gasteiger charge is -2.13. The van der Waals surface area contributed by atoms with Crippen molar-refractivity contribution in [1.82, 2.24) is 18.3 Å². The molecule has 0 saturated carbocycles. The molecule has 354 valence electrons. The van der Waals surface area contributed by atoms with Crippen molar-refractivity contribution in [3.63, 3.8) is 0 Å². The van der Waals surface area contributed by atoms with Crippen LogP contribution in [0.15, 0.2) is 279 Å². The van der Waals surface area contributed by atoms with Gasteiger partial charge in [0.1, 0.15) is 0 Å². The van der Waals surface area contributed by atoms with Gasteiger partial charge in [-0.3, -0.25) is 0 Å². The molecule has 0 aliphatic heterocycles.